The van der Waals surface area contributed by atoms with Crippen LogP contribution in [-0.4, -0.2) is 20.1 Å². The summed E-state index contributed by atoms with van der Waals surface area (Å²) in [6.07, 6.45) is 0. The summed E-state index contributed by atoms with van der Waals surface area (Å²) < 4.78 is 27.0. The van der Waals surface area contributed by atoms with E-state index in [4.69, 9.17) is 11.6 Å². The maximum absolute atomic E-state index is 12.8. The van der Waals surface area contributed by atoms with Gasteiger partial charge in [0, 0.05) is 16.3 Å². The van der Waals surface area contributed by atoms with Crippen LogP contribution in [0.25, 0.3) is 0 Å². The number of carbonyl (C=O) groups is 1. The number of hydrogen-bond donors (Lipinski definition) is 1. The summed E-state index contributed by atoms with van der Waals surface area (Å²) in [5.41, 5.74) is 5.60. The summed E-state index contributed by atoms with van der Waals surface area (Å²) in [4.78, 5) is 12.6. The predicted molar refractivity (Wildman–Crippen MR) is 132 cm³/mol. The van der Waals surface area contributed by atoms with Crippen LogP contribution in [0.15, 0.2) is 60.7 Å². The highest BCUT2D eigenvalue weighted by Crippen LogP contribution is 2.25. The maximum atomic E-state index is 12.8. The zero-order chi connectivity index (χ0) is 23.5. The molecule has 32 heavy (non-hydrogen) atoms. The molecule has 168 valence electrons. The zero-order valence-electron chi connectivity index (χ0n) is 18.6. The predicted octanol–water partition coefficient (Wildman–Crippen LogP) is 5.87. The molecule has 0 saturated heterocycles. The Hall–Kier alpha value is -2.83. The average Bonchev–Trinajstić information content (AvgIpc) is 2.77. The van der Waals surface area contributed by atoms with Gasteiger partial charge in [0.2, 0.25) is 10.0 Å². The lowest BCUT2D eigenvalue weighted by Crippen LogP contribution is -2.32. The molecule has 0 saturated carbocycles. The number of benzene rings is 3. The molecular weight excluding hydrogens is 444 g/mol. The molecule has 1 amide bonds. The minimum absolute atomic E-state index is 0.000595. The van der Waals surface area contributed by atoms with E-state index in [1.807, 2.05) is 45.0 Å². The number of rotatable bonds is 7. The van der Waals surface area contributed by atoms with Crippen molar-refractivity contribution in [1.82, 2.24) is 0 Å². The van der Waals surface area contributed by atoms with E-state index >= 15 is 0 Å². The quantitative estimate of drug-likeness (QED) is 0.469. The number of anilines is 2. The Morgan fingerprint density at radius 1 is 0.906 bits per heavy atom. The Balaban J connectivity index is 1.82. The van der Waals surface area contributed by atoms with Crippen LogP contribution in [0.4, 0.5) is 11.4 Å². The van der Waals surface area contributed by atoms with Gasteiger partial charge in [0.05, 0.1) is 18.0 Å². The molecule has 7 heteroatoms. The summed E-state index contributed by atoms with van der Waals surface area (Å²) >= 11 is 6.03. The second kappa shape index (κ2) is 9.76. The fourth-order valence-corrected chi connectivity index (χ4v) is 4.50. The van der Waals surface area contributed by atoms with Crippen molar-refractivity contribution in [1.29, 1.82) is 0 Å². The van der Waals surface area contributed by atoms with Crippen molar-refractivity contribution in [2.45, 2.75) is 34.2 Å². The van der Waals surface area contributed by atoms with Gasteiger partial charge in [0.15, 0.2) is 0 Å². The van der Waals surface area contributed by atoms with Gasteiger partial charge in [-0.1, -0.05) is 35.9 Å². The first-order valence-electron chi connectivity index (χ1n) is 10.3. The standard InChI is InChI=1S/C25H27ClN2O3S/c1-5-32(30,31)28(23-13-7-17(2)19(4)14-23)16-20-8-10-21(11-9-20)25(29)27-24-15-22(26)12-6-18(24)3/h6-15H,5,16H2,1-4H3,(H,27,29). The molecule has 0 radical (unpaired) electrons. The van der Waals surface area contributed by atoms with E-state index in [0.29, 0.717) is 22.0 Å². The van der Waals surface area contributed by atoms with Gasteiger partial charge in [-0.2, -0.15) is 0 Å². The molecule has 3 aromatic carbocycles. The lowest BCUT2D eigenvalue weighted by Gasteiger charge is -2.25. The van der Waals surface area contributed by atoms with E-state index in [2.05, 4.69) is 5.32 Å². The molecular formula is C25H27ClN2O3S. The molecule has 3 aromatic rings. The summed E-state index contributed by atoms with van der Waals surface area (Å²) in [7, 11) is -3.48. The van der Waals surface area contributed by atoms with E-state index in [1.54, 1.807) is 43.3 Å². The van der Waals surface area contributed by atoms with Crippen LogP contribution in [0.5, 0.6) is 0 Å². The highest BCUT2D eigenvalue weighted by atomic mass is 35.5. The van der Waals surface area contributed by atoms with Gasteiger partial charge in [0.1, 0.15) is 0 Å². The molecule has 0 aromatic heterocycles. The van der Waals surface area contributed by atoms with Gasteiger partial charge in [-0.3, -0.25) is 9.10 Å². The molecule has 3 rings (SSSR count). The number of sulfonamides is 1. The molecule has 0 aliphatic rings. The van der Waals surface area contributed by atoms with Crippen molar-refractivity contribution >= 4 is 38.9 Å². The number of carbonyl (C=O) groups excluding carboxylic acids is 1. The van der Waals surface area contributed by atoms with Crippen LogP contribution in [0, 0.1) is 20.8 Å². The Bertz CT molecular complexity index is 1240. The molecule has 0 spiro atoms. The Kier molecular flexibility index (Phi) is 7.26. The third-order valence-corrected chi connectivity index (χ3v) is 7.45. The molecule has 0 atom stereocenters. The van der Waals surface area contributed by atoms with E-state index < -0.39 is 10.0 Å². The Morgan fingerprint density at radius 2 is 1.56 bits per heavy atom. The third kappa shape index (κ3) is 5.50. The van der Waals surface area contributed by atoms with Crippen molar-refractivity contribution in [3.8, 4) is 0 Å². The summed E-state index contributed by atoms with van der Waals surface area (Å²) in [5.74, 6) is -0.256. The number of aryl methyl sites for hydroxylation is 3. The highest BCUT2D eigenvalue weighted by molar-refractivity contribution is 7.92. The van der Waals surface area contributed by atoms with Gasteiger partial charge in [-0.25, -0.2) is 8.42 Å². The third-order valence-electron chi connectivity index (χ3n) is 5.47. The topological polar surface area (TPSA) is 66.5 Å². The molecule has 0 aliphatic carbocycles. The van der Waals surface area contributed by atoms with Gasteiger partial charge in [-0.05, 0) is 86.3 Å². The van der Waals surface area contributed by atoms with Crippen LogP contribution in [0.1, 0.15) is 39.5 Å². The SMILES string of the molecule is CCS(=O)(=O)N(Cc1ccc(C(=O)Nc2cc(Cl)ccc2C)cc1)c1ccc(C)c(C)c1. The number of nitrogens with one attached hydrogen (secondary N) is 1. The van der Waals surface area contributed by atoms with Crippen molar-refractivity contribution < 1.29 is 13.2 Å². The molecule has 0 heterocycles. The van der Waals surface area contributed by atoms with Crippen molar-refractivity contribution in [2.75, 3.05) is 15.4 Å². The largest absolute Gasteiger partial charge is 0.322 e. The van der Waals surface area contributed by atoms with Crippen LogP contribution in [0.3, 0.4) is 0 Å². The Labute approximate surface area is 195 Å². The first-order chi connectivity index (χ1) is 15.1. The zero-order valence-corrected chi connectivity index (χ0v) is 20.2. The Morgan fingerprint density at radius 3 is 2.19 bits per heavy atom. The fourth-order valence-electron chi connectivity index (χ4n) is 3.24. The van der Waals surface area contributed by atoms with Gasteiger partial charge in [-0.15, -0.1) is 0 Å². The van der Waals surface area contributed by atoms with Crippen LogP contribution in [0.2, 0.25) is 5.02 Å². The number of amides is 1. The number of halogens is 1. The average molecular weight is 471 g/mol. The molecule has 0 aliphatic heterocycles. The van der Waals surface area contributed by atoms with E-state index in [-0.39, 0.29) is 18.2 Å². The molecule has 0 bridgehead atoms. The molecule has 5 nitrogen and oxygen atoms in total. The molecule has 0 fully saturated rings. The second-order valence-corrected chi connectivity index (χ2v) is 10.4. The second-order valence-electron chi connectivity index (χ2n) is 7.79. The van der Waals surface area contributed by atoms with E-state index in [0.717, 1.165) is 22.3 Å². The maximum Gasteiger partial charge on any atom is 0.255 e. The van der Waals surface area contributed by atoms with Crippen molar-refractivity contribution in [3.63, 3.8) is 0 Å². The minimum atomic E-state index is -3.48. The summed E-state index contributed by atoms with van der Waals surface area (Å²) in [6.45, 7) is 7.67. The van der Waals surface area contributed by atoms with Crippen LogP contribution in [-0.2, 0) is 16.6 Å². The minimum Gasteiger partial charge on any atom is -0.322 e. The highest BCUT2D eigenvalue weighted by Gasteiger charge is 2.21. The summed E-state index contributed by atoms with van der Waals surface area (Å²) in [5, 5.41) is 3.41. The van der Waals surface area contributed by atoms with Crippen molar-refractivity contribution in [3.05, 3.63) is 93.5 Å². The van der Waals surface area contributed by atoms with E-state index in [1.165, 1.54) is 4.31 Å². The van der Waals surface area contributed by atoms with Crippen molar-refractivity contribution in [2.24, 2.45) is 0 Å². The monoisotopic (exact) mass is 470 g/mol. The smallest absolute Gasteiger partial charge is 0.255 e. The van der Waals surface area contributed by atoms with Gasteiger partial charge in [0.25, 0.3) is 5.91 Å². The first-order valence-corrected chi connectivity index (χ1v) is 12.3. The molecule has 1 N–H and O–H groups in total. The lowest BCUT2D eigenvalue weighted by atomic mass is 10.1. The fraction of sp³-hybridized carbons (Fsp3) is 0.240. The normalized spacial score (nSPS) is 11.3. The summed E-state index contributed by atoms with van der Waals surface area (Å²) in [6, 6.07) is 17.9. The number of nitrogens with zero attached hydrogens (tertiary/aromatic N) is 1. The van der Waals surface area contributed by atoms with Gasteiger partial charge >= 0.3 is 0 Å². The lowest BCUT2D eigenvalue weighted by molar-refractivity contribution is 0.102. The molecule has 0 unspecified atom stereocenters. The van der Waals surface area contributed by atoms with Gasteiger partial charge < -0.3 is 5.32 Å². The van der Waals surface area contributed by atoms with Crippen LogP contribution >= 0.6 is 11.6 Å². The first kappa shape index (κ1) is 23.8. The van der Waals surface area contributed by atoms with E-state index in [9.17, 15) is 13.2 Å². The number of hydrogen-bond acceptors (Lipinski definition) is 3. The van der Waals surface area contributed by atoms with Crippen LogP contribution < -0.4 is 9.62 Å².